The maximum Gasteiger partial charge on any atom is 0.393 e. The van der Waals surface area contributed by atoms with E-state index in [1.165, 1.54) is 12.1 Å². The van der Waals surface area contributed by atoms with Crippen molar-refractivity contribution in [2.75, 3.05) is 6.61 Å². The number of hydrogen-bond acceptors (Lipinski definition) is 1. The molecule has 1 aromatic carbocycles. The monoisotopic (exact) mass is 232 g/mol. The summed E-state index contributed by atoms with van der Waals surface area (Å²) < 4.78 is 41.8. The molecule has 0 aliphatic rings. The van der Waals surface area contributed by atoms with Gasteiger partial charge in [-0.2, -0.15) is 13.2 Å². The number of alkyl halides is 3. The van der Waals surface area contributed by atoms with Crippen LogP contribution in [0, 0.1) is 5.92 Å². The second-order valence-corrected chi connectivity index (χ2v) is 4.14. The number of hydrogen-bond donors (Lipinski definition) is 0. The molecule has 0 aromatic heterocycles. The van der Waals surface area contributed by atoms with Crippen molar-refractivity contribution in [3.8, 4) is 5.75 Å². The standard InChI is InChI=1S/C12H15F3O/c1-9(2)8-16-11-5-3-4-10(6-11)7-12(13,14)15/h3-6,9H,7-8H2,1-2H3. The molecule has 0 fully saturated rings. The second kappa shape index (κ2) is 5.23. The second-order valence-electron chi connectivity index (χ2n) is 4.14. The lowest BCUT2D eigenvalue weighted by Gasteiger charge is -2.11. The Bertz CT molecular complexity index is 331. The van der Waals surface area contributed by atoms with Gasteiger partial charge in [-0.3, -0.25) is 0 Å². The first kappa shape index (κ1) is 12.9. The Labute approximate surface area is 93.2 Å². The molecule has 0 amide bonds. The smallest absolute Gasteiger partial charge is 0.393 e. The minimum absolute atomic E-state index is 0.230. The fourth-order valence-corrected chi connectivity index (χ4v) is 1.24. The fraction of sp³-hybridized carbons (Fsp3) is 0.500. The van der Waals surface area contributed by atoms with Crippen LogP contribution in [0.5, 0.6) is 5.75 Å². The highest BCUT2D eigenvalue weighted by Crippen LogP contribution is 2.23. The van der Waals surface area contributed by atoms with Gasteiger partial charge in [0, 0.05) is 0 Å². The van der Waals surface area contributed by atoms with Crippen LogP contribution in [0.4, 0.5) is 13.2 Å². The van der Waals surface area contributed by atoms with Crippen LogP contribution in [-0.4, -0.2) is 12.8 Å². The van der Waals surface area contributed by atoms with Crippen molar-refractivity contribution in [2.24, 2.45) is 5.92 Å². The molecular formula is C12H15F3O. The summed E-state index contributed by atoms with van der Waals surface area (Å²) in [7, 11) is 0. The first-order valence-electron chi connectivity index (χ1n) is 5.15. The van der Waals surface area contributed by atoms with Crippen molar-refractivity contribution < 1.29 is 17.9 Å². The molecule has 0 unspecified atom stereocenters. The van der Waals surface area contributed by atoms with Crippen LogP contribution >= 0.6 is 0 Å². The molecule has 0 bridgehead atoms. The van der Waals surface area contributed by atoms with Crippen LogP contribution < -0.4 is 4.74 Å². The van der Waals surface area contributed by atoms with Gasteiger partial charge in [-0.25, -0.2) is 0 Å². The Morgan fingerprint density at radius 2 is 1.94 bits per heavy atom. The summed E-state index contributed by atoms with van der Waals surface area (Å²) in [6.45, 7) is 4.48. The Morgan fingerprint density at radius 3 is 2.50 bits per heavy atom. The maximum atomic E-state index is 12.1. The highest BCUT2D eigenvalue weighted by atomic mass is 19.4. The summed E-state index contributed by atoms with van der Waals surface area (Å²) in [5.74, 6) is 0.849. The minimum Gasteiger partial charge on any atom is -0.493 e. The first-order chi connectivity index (χ1) is 7.37. The lowest BCUT2D eigenvalue weighted by molar-refractivity contribution is -0.127. The third-order valence-corrected chi connectivity index (χ3v) is 1.89. The molecule has 0 spiro atoms. The van der Waals surface area contributed by atoms with Crippen LogP contribution in [0.15, 0.2) is 24.3 Å². The Hall–Kier alpha value is -1.19. The summed E-state index contributed by atoms with van der Waals surface area (Å²) in [5, 5.41) is 0. The lowest BCUT2D eigenvalue weighted by Crippen LogP contribution is -2.11. The molecule has 16 heavy (non-hydrogen) atoms. The van der Waals surface area contributed by atoms with Gasteiger partial charge in [-0.1, -0.05) is 26.0 Å². The molecule has 4 heteroatoms. The molecule has 1 aromatic rings. The van der Waals surface area contributed by atoms with Gasteiger partial charge < -0.3 is 4.74 Å². The van der Waals surface area contributed by atoms with Crippen molar-refractivity contribution in [3.63, 3.8) is 0 Å². The van der Waals surface area contributed by atoms with Crippen LogP contribution in [0.2, 0.25) is 0 Å². The van der Waals surface area contributed by atoms with Crippen LogP contribution in [0.3, 0.4) is 0 Å². The molecule has 0 aliphatic heterocycles. The van der Waals surface area contributed by atoms with Crippen molar-refractivity contribution in [3.05, 3.63) is 29.8 Å². The van der Waals surface area contributed by atoms with E-state index in [1.807, 2.05) is 13.8 Å². The van der Waals surface area contributed by atoms with Gasteiger partial charge in [0.25, 0.3) is 0 Å². The van der Waals surface area contributed by atoms with Crippen LogP contribution in [0.1, 0.15) is 19.4 Å². The van der Waals surface area contributed by atoms with E-state index in [0.29, 0.717) is 18.3 Å². The Balaban J connectivity index is 2.64. The van der Waals surface area contributed by atoms with Crippen molar-refractivity contribution in [2.45, 2.75) is 26.4 Å². The first-order valence-corrected chi connectivity index (χ1v) is 5.15. The van der Waals surface area contributed by atoms with E-state index in [9.17, 15) is 13.2 Å². The topological polar surface area (TPSA) is 9.23 Å². The quantitative estimate of drug-likeness (QED) is 0.766. The van der Waals surface area contributed by atoms with E-state index < -0.39 is 12.6 Å². The number of ether oxygens (including phenoxy) is 1. The van der Waals surface area contributed by atoms with Gasteiger partial charge in [0.05, 0.1) is 13.0 Å². The molecule has 1 nitrogen and oxygen atoms in total. The van der Waals surface area contributed by atoms with Gasteiger partial charge in [0.15, 0.2) is 0 Å². The molecule has 90 valence electrons. The summed E-state index contributed by atoms with van der Waals surface area (Å²) in [6.07, 6.45) is -5.08. The van der Waals surface area contributed by atoms with E-state index in [-0.39, 0.29) is 5.56 Å². The maximum absolute atomic E-state index is 12.1. The summed E-state index contributed by atoms with van der Waals surface area (Å²) in [6, 6.07) is 6.14. The predicted molar refractivity (Wildman–Crippen MR) is 56.5 cm³/mol. The molecule has 0 N–H and O–H groups in total. The zero-order valence-corrected chi connectivity index (χ0v) is 9.34. The highest BCUT2D eigenvalue weighted by molar-refractivity contribution is 5.29. The minimum atomic E-state index is -4.17. The molecule has 0 atom stereocenters. The predicted octanol–water partition coefficient (Wildman–Crippen LogP) is 3.83. The van der Waals surface area contributed by atoms with E-state index in [0.717, 1.165) is 0 Å². The van der Waals surface area contributed by atoms with Gasteiger partial charge >= 0.3 is 6.18 Å². The van der Waals surface area contributed by atoms with Gasteiger partial charge in [0.1, 0.15) is 5.75 Å². The summed E-state index contributed by atoms with van der Waals surface area (Å²) in [4.78, 5) is 0. The van der Waals surface area contributed by atoms with E-state index in [1.54, 1.807) is 12.1 Å². The highest BCUT2D eigenvalue weighted by Gasteiger charge is 2.27. The largest absolute Gasteiger partial charge is 0.493 e. The molecule has 0 saturated carbocycles. The van der Waals surface area contributed by atoms with E-state index in [4.69, 9.17) is 4.74 Å². The molecular weight excluding hydrogens is 217 g/mol. The third-order valence-electron chi connectivity index (χ3n) is 1.89. The average molecular weight is 232 g/mol. The van der Waals surface area contributed by atoms with Gasteiger partial charge in [-0.05, 0) is 23.6 Å². The SMILES string of the molecule is CC(C)COc1cccc(CC(F)(F)F)c1. The molecule has 0 radical (unpaired) electrons. The van der Waals surface area contributed by atoms with Crippen molar-refractivity contribution in [1.82, 2.24) is 0 Å². The number of rotatable bonds is 4. The third kappa shape index (κ3) is 5.05. The van der Waals surface area contributed by atoms with E-state index in [2.05, 4.69) is 0 Å². The van der Waals surface area contributed by atoms with Crippen molar-refractivity contribution in [1.29, 1.82) is 0 Å². The van der Waals surface area contributed by atoms with Crippen LogP contribution in [0.25, 0.3) is 0 Å². The molecule has 0 aliphatic carbocycles. The number of benzene rings is 1. The number of halogens is 3. The zero-order chi connectivity index (χ0) is 12.2. The fourth-order valence-electron chi connectivity index (χ4n) is 1.24. The van der Waals surface area contributed by atoms with E-state index >= 15 is 0 Å². The van der Waals surface area contributed by atoms with Gasteiger partial charge in [-0.15, -0.1) is 0 Å². The average Bonchev–Trinajstić information content (AvgIpc) is 2.12. The Morgan fingerprint density at radius 1 is 1.25 bits per heavy atom. The molecule has 1 rings (SSSR count). The normalized spacial score (nSPS) is 11.9. The Kier molecular flexibility index (Phi) is 4.21. The molecule has 0 saturated heterocycles. The molecule has 0 heterocycles. The van der Waals surface area contributed by atoms with Crippen molar-refractivity contribution >= 4 is 0 Å². The summed E-state index contributed by atoms with van der Waals surface area (Å²) >= 11 is 0. The van der Waals surface area contributed by atoms with Crippen LogP contribution in [-0.2, 0) is 6.42 Å². The summed E-state index contributed by atoms with van der Waals surface area (Å²) in [5.41, 5.74) is 0.230. The zero-order valence-electron chi connectivity index (χ0n) is 9.34. The van der Waals surface area contributed by atoms with Gasteiger partial charge in [0.2, 0.25) is 0 Å². The lowest BCUT2D eigenvalue weighted by atomic mass is 10.1.